The van der Waals surface area contributed by atoms with Gasteiger partial charge in [-0.2, -0.15) is 0 Å². The first-order chi connectivity index (χ1) is 11.6. The van der Waals surface area contributed by atoms with Gasteiger partial charge in [0, 0.05) is 12.6 Å². The quantitative estimate of drug-likeness (QED) is 0.369. The third-order valence-corrected chi connectivity index (χ3v) is 3.59. The van der Waals surface area contributed by atoms with Gasteiger partial charge in [0.15, 0.2) is 5.96 Å². The Kier molecular flexibility index (Phi) is 6.31. The first-order valence-electron chi connectivity index (χ1n) is 7.94. The summed E-state index contributed by atoms with van der Waals surface area (Å²) in [5, 5.41) is 17.6. The molecule has 0 fully saturated rings. The van der Waals surface area contributed by atoms with Crippen LogP contribution in [0.15, 0.2) is 59.6 Å². The van der Waals surface area contributed by atoms with E-state index in [0.717, 1.165) is 5.56 Å². The van der Waals surface area contributed by atoms with Crippen LogP contribution < -0.4 is 10.6 Å². The Balaban J connectivity index is 2.13. The molecule has 0 bridgehead atoms. The molecule has 2 N–H and O–H groups in total. The zero-order chi connectivity index (χ0) is 17.4. The largest absolute Gasteiger partial charge is 0.357 e. The Bertz CT molecular complexity index is 701. The fraction of sp³-hybridized carbons (Fsp3) is 0.278. The fourth-order valence-electron chi connectivity index (χ4n) is 2.34. The first-order valence-corrected chi connectivity index (χ1v) is 7.94. The maximum absolute atomic E-state index is 11.1. The van der Waals surface area contributed by atoms with E-state index >= 15 is 0 Å². The minimum atomic E-state index is -0.377. The van der Waals surface area contributed by atoms with Gasteiger partial charge in [-0.25, -0.2) is 4.99 Å². The van der Waals surface area contributed by atoms with Gasteiger partial charge in [-0.15, -0.1) is 0 Å². The van der Waals surface area contributed by atoms with Gasteiger partial charge in [-0.1, -0.05) is 48.5 Å². The summed E-state index contributed by atoms with van der Waals surface area (Å²) in [6, 6.07) is 16.8. The molecule has 0 aliphatic carbocycles. The predicted octanol–water partition coefficient (Wildman–Crippen LogP) is 3.41. The Hall–Kier alpha value is -2.89. The van der Waals surface area contributed by atoms with E-state index in [9.17, 15) is 10.1 Å². The van der Waals surface area contributed by atoms with Gasteiger partial charge in [-0.05, 0) is 19.4 Å². The lowest BCUT2D eigenvalue weighted by molar-refractivity contribution is -0.385. The smallest absolute Gasteiger partial charge is 0.274 e. The highest BCUT2D eigenvalue weighted by atomic mass is 16.6. The van der Waals surface area contributed by atoms with Crippen molar-refractivity contribution in [2.24, 2.45) is 4.99 Å². The lowest BCUT2D eigenvalue weighted by Crippen LogP contribution is -2.38. The molecule has 1 unspecified atom stereocenters. The number of nitrogens with zero attached hydrogens (tertiary/aromatic N) is 2. The zero-order valence-corrected chi connectivity index (χ0v) is 13.9. The Morgan fingerprint density at radius 1 is 1.17 bits per heavy atom. The van der Waals surface area contributed by atoms with Crippen molar-refractivity contribution >= 4 is 11.6 Å². The van der Waals surface area contributed by atoms with Gasteiger partial charge in [0.25, 0.3) is 5.69 Å². The number of para-hydroxylation sites is 1. The van der Waals surface area contributed by atoms with Gasteiger partial charge >= 0.3 is 0 Å². The number of rotatable bonds is 6. The minimum Gasteiger partial charge on any atom is -0.357 e. The highest BCUT2D eigenvalue weighted by molar-refractivity contribution is 5.80. The number of aliphatic imine (C=N–C) groups is 1. The number of guanidine groups is 1. The monoisotopic (exact) mass is 326 g/mol. The van der Waals surface area contributed by atoms with Gasteiger partial charge in [0.2, 0.25) is 0 Å². The van der Waals surface area contributed by atoms with Crippen LogP contribution in [0.3, 0.4) is 0 Å². The van der Waals surface area contributed by atoms with E-state index in [-0.39, 0.29) is 23.2 Å². The van der Waals surface area contributed by atoms with Crippen LogP contribution in [-0.4, -0.2) is 17.4 Å². The number of nitro benzene ring substituents is 1. The molecule has 0 aliphatic heterocycles. The predicted molar refractivity (Wildman–Crippen MR) is 95.9 cm³/mol. The summed E-state index contributed by atoms with van der Waals surface area (Å²) in [6.45, 7) is 4.99. The average molecular weight is 326 g/mol. The molecule has 0 aliphatic rings. The van der Waals surface area contributed by atoms with E-state index in [1.165, 1.54) is 6.07 Å². The van der Waals surface area contributed by atoms with E-state index in [4.69, 9.17) is 0 Å². The Labute approximate surface area is 141 Å². The Morgan fingerprint density at radius 2 is 1.83 bits per heavy atom. The summed E-state index contributed by atoms with van der Waals surface area (Å²) in [5.74, 6) is 0.631. The van der Waals surface area contributed by atoms with Crippen LogP contribution >= 0.6 is 0 Å². The second-order valence-electron chi connectivity index (χ2n) is 5.36. The molecule has 126 valence electrons. The lowest BCUT2D eigenvalue weighted by atomic mass is 10.1. The molecule has 2 aromatic rings. The molecular weight excluding hydrogens is 304 g/mol. The minimum absolute atomic E-state index is 0.0785. The highest BCUT2D eigenvalue weighted by Crippen LogP contribution is 2.18. The summed E-state index contributed by atoms with van der Waals surface area (Å²) >= 11 is 0. The van der Waals surface area contributed by atoms with Crippen molar-refractivity contribution in [3.05, 3.63) is 75.8 Å². The van der Waals surface area contributed by atoms with E-state index < -0.39 is 0 Å². The molecule has 2 rings (SSSR count). The van der Waals surface area contributed by atoms with Crippen LogP contribution in [0.4, 0.5) is 5.69 Å². The Morgan fingerprint density at radius 3 is 2.50 bits per heavy atom. The van der Waals surface area contributed by atoms with Crippen LogP contribution in [0.25, 0.3) is 0 Å². The van der Waals surface area contributed by atoms with Crippen LogP contribution in [0.1, 0.15) is 31.0 Å². The van der Waals surface area contributed by atoms with Crippen molar-refractivity contribution < 1.29 is 4.92 Å². The van der Waals surface area contributed by atoms with Crippen LogP contribution in [0, 0.1) is 10.1 Å². The summed E-state index contributed by atoms with van der Waals surface area (Å²) in [6.07, 6.45) is 0. The fourth-order valence-corrected chi connectivity index (χ4v) is 2.34. The number of nitro groups is 1. The van der Waals surface area contributed by atoms with Crippen molar-refractivity contribution in [1.82, 2.24) is 10.6 Å². The van der Waals surface area contributed by atoms with Crippen LogP contribution in [0.2, 0.25) is 0 Å². The molecule has 0 spiro atoms. The normalized spacial score (nSPS) is 12.5. The molecule has 0 saturated carbocycles. The summed E-state index contributed by atoms with van der Waals surface area (Å²) in [5.41, 5.74) is 1.83. The molecule has 0 heterocycles. The third kappa shape index (κ3) is 4.81. The van der Waals surface area contributed by atoms with Crippen molar-refractivity contribution in [1.29, 1.82) is 0 Å². The van der Waals surface area contributed by atoms with E-state index in [1.54, 1.807) is 18.2 Å². The maximum Gasteiger partial charge on any atom is 0.274 e. The maximum atomic E-state index is 11.1. The van der Waals surface area contributed by atoms with Crippen molar-refractivity contribution in [2.75, 3.05) is 6.54 Å². The zero-order valence-electron chi connectivity index (χ0n) is 13.9. The second kappa shape index (κ2) is 8.67. The van der Waals surface area contributed by atoms with Gasteiger partial charge in [0.1, 0.15) is 0 Å². The number of nitrogens with one attached hydrogen (secondary N) is 2. The highest BCUT2D eigenvalue weighted by Gasteiger charge is 2.12. The number of hydrogen-bond acceptors (Lipinski definition) is 3. The number of benzene rings is 2. The standard InChI is InChI=1S/C18H22N4O2/c1-3-19-18(21-14(2)15-9-5-4-6-10-15)20-13-16-11-7-8-12-17(16)22(23)24/h4-12,14H,3,13H2,1-2H3,(H2,19,20,21). The molecule has 6 heteroatoms. The van der Waals surface area contributed by atoms with Crippen LogP contribution in [0.5, 0.6) is 0 Å². The summed E-state index contributed by atoms with van der Waals surface area (Å²) < 4.78 is 0. The lowest BCUT2D eigenvalue weighted by Gasteiger charge is -2.18. The molecule has 0 saturated heterocycles. The van der Waals surface area contributed by atoms with Crippen molar-refractivity contribution in [2.45, 2.75) is 26.4 Å². The van der Waals surface area contributed by atoms with Gasteiger partial charge in [0.05, 0.1) is 23.1 Å². The van der Waals surface area contributed by atoms with Crippen molar-refractivity contribution in [3.63, 3.8) is 0 Å². The second-order valence-corrected chi connectivity index (χ2v) is 5.36. The first kappa shape index (κ1) is 17.5. The molecule has 1 atom stereocenters. The summed E-state index contributed by atoms with van der Waals surface area (Å²) in [4.78, 5) is 15.2. The molecule has 0 amide bonds. The van der Waals surface area contributed by atoms with Crippen LogP contribution in [-0.2, 0) is 6.54 Å². The SMILES string of the molecule is CCNC(=NCc1ccccc1[N+](=O)[O-])NC(C)c1ccccc1. The topological polar surface area (TPSA) is 79.6 Å². The average Bonchev–Trinajstić information content (AvgIpc) is 2.60. The summed E-state index contributed by atoms with van der Waals surface area (Å²) in [7, 11) is 0. The molecule has 0 aromatic heterocycles. The molecule has 24 heavy (non-hydrogen) atoms. The molecular formula is C18H22N4O2. The molecule has 2 aromatic carbocycles. The van der Waals surface area contributed by atoms with E-state index in [0.29, 0.717) is 18.1 Å². The van der Waals surface area contributed by atoms with E-state index in [1.807, 2.05) is 44.2 Å². The van der Waals surface area contributed by atoms with Gasteiger partial charge < -0.3 is 10.6 Å². The third-order valence-electron chi connectivity index (χ3n) is 3.59. The molecule has 6 nitrogen and oxygen atoms in total. The van der Waals surface area contributed by atoms with Gasteiger partial charge in [-0.3, -0.25) is 10.1 Å². The number of hydrogen-bond donors (Lipinski definition) is 2. The molecule has 0 radical (unpaired) electrons. The van der Waals surface area contributed by atoms with E-state index in [2.05, 4.69) is 15.6 Å². The van der Waals surface area contributed by atoms with Crippen molar-refractivity contribution in [3.8, 4) is 0 Å².